The molecule has 15 heavy (non-hydrogen) atoms. The molecule has 0 aromatic heterocycles. The average molecular weight is 271 g/mol. The molecule has 0 saturated heterocycles. The van der Waals surface area contributed by atoms with Gasteiger partial charge in [0.1, 0.15) is 0 Å². The number of nitrogens with one attached hydrogen (secondary N) is 2. The van der Waals surface area contributed by atoms with E-state index in [4.69, 9.17) is 5.11 Å². The summed E-state index contributed by atoms with van der Waals surface area (Å²) in [5.41, 5.74) is 7.44. The highest BCUT2D eigenvalue weighted by Gasteiger charge is 2.22. The molecule has 1 atom stereocenters. The van der Waals surface area contributed by atoms with E-state index in [9.17, 15) is 4.79 Å². The summed E-state index contributed by atoms with van der Waals surface area (Å²) in [6.45, 7) is 0. The topological polar surface area (TPSA) is 61.4 Å². The molecule has 0 heterocycles. The average Bonchev–Trinajstić information content (AvgIpc) is 2.57. The summed E-state index contributed by atoms with van der Waals surface area (Å²) in [7, 11) is 0. The van der Waals surface area contributed by atoms with Gasteiger partial charge in [-0.15, -0.1) is 0 Å². The van der Waals surface area contributed by atoms with Crippen molar-refractivity contribution in [3.8, 4) is 0 Å². The first-order chi connectivity index (χ1) is 7.16. The van der Waals surface area contributed by atoms with Crippen LogP contribution in [0.25, 0.3) is 0 Å². The van der Waals surface area contributed by atoms with E-state index < -0.39 is 6.09 Å². The first-order valence-corrected chi connectivity index (χ1v) is 5.49. The summed E-state index contributed by atoms with van der Waals surface area (Å²) in [4.78, 5) is 10.4. The molecule has 0 saturated carbocycles. The molecular formula is C10H11BrN2O2. The fraction of sp³-hybridized carbons (Fsp3) is 0.300. The molecule has 80 valence electrons. The third kappa shape index (κ3) is 2.30. The molecule has 5 heteroatoms. The maximum Gasteiger partial charge on any atom is 0.419 e. The third-order valence-electron chi connectivity index (χ3n) is 2.54. The number of aryl methyl sites for hydroxylation is 1. The van der Waals surface area contributed by atoms with Gasteiger partial charge in [-0.25, -0.2) is 10.2 Å². The van der Waals surface area contributed by atoms with Crippen molar-refractivity contribution in [1.82, 2.24) is 10.9 Å². The second kappa shape index (κ2) is 4.20. The number of halogens is 1. The molecule has 2 rings (SSSR count). The minimum atomic E-state index is -1.06. The number of hydrogen-bond donors (Lipinski definition) is 3. The predicted octanol–water partition coefficient (Wildman–Crippen LogP) is 2.21. The SMILES string of the molecule is O=C(O)NNC1CCc2ccc(Br)cc21. The van der Waals surface area contributed by atoms with Crippen molar-refractivity contribution >= 4 is 22.0 Å². The van der Waals surface area contributed by atoms with Crippen molar-refractivity contribution < 1.29 is 9.90 Å². The first-order valence-electron chi connectivity index (χ1n) is 4.69. The zero-order chi connectivity index (χ0) is 10.8. The molecule has 1 aromatic rings. The number of benzene rings is 1. The molecular weight excluding hydrogens is 260 g/mol. The summed E-state index contributed by atoms with van der Waals surface area (Å²) in [5.74, 6) is 0. The summed E-state index contributed by atoms with van der Waals surface area (Å²) in [5, 5.41) is 8.49. The van der Waals surface area contributed by atoms with E-state index in [-0.39, 0.29) is 6.04 Å². The van der Waals surface area contributed by atoms with Crippen LogP contribution in [0.2, 0.25) is 0 Å². The number of carboxylic acid groups (broad SMARTS) is 1. The van der Waals surface area contributed by atoms with Gasteiger partial charge in [0.2, 0.25) is 0 Å². The Morgan fingerprint density at radius 2 is 2.33 bits per heavy atom. The van der Waals surface area contributed by atoms with Crippen LogP contribution < -0.4 is 10.9 Å². The molecule has 1 aromatic carbocycles. The van der Waals surface area contributed by atoms with Gasteiger partial charge in [0.15, 0.2) is 0 Å². The van der Waals surface area contributed by atoms with E-state index in [0.717, 1.165) is 22.9 Å². The van der Waals surface area contributed by atoms with Crippen molar-refractivity contribution in [2.45, 2.75) is 18.9 Å². The Morgan fingerprint density at radius 1 is 1.53 bits per heavy atom. The Balaban J connectivity index is 2.13. The second-order valence-electron chi connectivity index (χ2n) is 3.51. The monoisotopic (exact) mass is 270 g/mol. The molecule has 0 fully saturated rings. The minimum absolute atomic E-state index is 0.0774. The minimum Gasteiger partial charge on any atom is -0.464 e. The number of hydrazine groups is 1. The Morgan fingerprint density at radius 3 is 3.07 bits per heavy atom. The fourth-order valence-electron chi connectivity index (χ4n) is 1.87. The summed E-state index contributed by atoms with van der Waals surface area (Å²) < 4.78 is 1.02. The zero-order valence-corrected chi connectivity index (χ0v) is 9.54. The van der Waals surface area contributed by atoms with Crippen LogP contribution in [0.4, 0.5) is 4.79 Å². The van der Waals surface area contributed by atoms with Crippen LogP contribution in [0.3, 0.4) is 0 Å². The van der Waals surface area contributed by atoms with Crippen LogP contribution in [-0.4, -0.2) is 11.2 Å². The summed E-state index contributed by atoms with van der Waals surface area (Å²) in [6.07, 6.45) is 0.853. The summed E-state index contributed by atoms with van der Waals surface area (Å²) >= 11 is 3.41. The number of carbonyl (C=O) groups is 1. The molecule has 3 N–H and O–H groups in total. The molecule has 1 amide bonds. The van der Waals surface area contributed by atoms with Crippen LogP contribution in [0.5, 0.6) is 0 Å². The predicted molar refractivity (Wildman–Crippen MR) is 59.5 cm³/mol. The Bertz CT molecular complexity index is 395. The van der Waals surface area contributed by atoms with Crippen LogP contribution in [0.1, 0.15) is 23.6 Å². The van der Waals surface area contributed by atoms with Crippen molar-refractivity contribution in [3.63, 3.8) is 0 Å². The van der Waals surface area contributed by atoms with Crippen LogP contribution in [0, 0.1) is 0 Å². The van der Waals surface area contributed by atoms with E-state index in [1.165, 1.54) is 5.56 Å². The van der Waals surface area contributed by atoms with Gasteiger partial charge >= 0.3 is 6.09 Å². The lowest BCUT2D eigenvalue weighted by atomic mass is 10.1. The quantitative estimate of drug-likeness (QED) is 0.723. The van der Waals surface area contributed by atoms with Crippen molar-refractivity contribution in [2.24, 2.45) is 0 Å². The number of amides is 1. The van der Waals surface area contributed by atoms with Gasteiger partial charge in [0, 0.05) is 4.47 Å². The number of hydrogen-bond acceptors (Lipinski definition) is 2. The molecule has 4 nitrogen and oxygen atoms in total. The van der Waals surface area contributed by atoms with Gasteiger partial charge in [-0.05, 0) is 36.1 Å². The molecule has 1 unspecified atom stereocenters. The van der Waals surface area contributed by atoms with E-state index >= 15 is 0 Å². The molecule has 0 bridgehead atoms. The van der Waals surface area contributed by atoms with Gasteiger partial charge in [-0.2, -0.15) is 0 Å². The van der Waals surface area contributed by atoms with Crippen LogP contribution in [-0.2, 0) is 6.42 Å². The smallest absolute Gasteiger partial charge is 0.419 e. The fourth-order valence-corrected chi connectivity index (χ4v) is 2.25. The normalized spacial score (nSPS) is 18.6. The van der Waals surface area contributed by atoms with Gasteiger partial charge in [-0.3, -0.25) is 5.43 Å². The number of rotatable bonds is 2. The van der Waals surface area contributed by atoms with Crippen LogP contribution >= 0.6 is 15.9 Å². The van der Waals surface area contributed by atoms with Gasteiger partial charge in [-0.1, -0.05) is 22.0 Å². The lowest BCUT2D eigenvalue weighted by molar-refractivity contribution is 0.186. The van der Waals surface area contributed by atoms with E-state index in [1.807, 2.05) is 12.1 Å². The Labute approximate surface area is 95.8 Å². The Kier molecular flexibility index (Phi) is 2.93. The Hall–Kier alpha value is -1.07. The zero-order valence-electron chi connectivity index (χ0n) is 7.96. The lowest BCUT2D eigenvalue weighted by Gasteiger charge is -2.13. The highest BCUT2D eigenvalue weighted by atomic mass is 79.9. The lowest BCUT2D eigenvalue weighted by Crippen LogP contribution is -2.38. The van der Waals surface area contributed by atoms with Gasteiger partial charge in [0.05, 0.1) is 6.04 Å². The maximum absolute atomic E-state index is 10.4. The maximum atomic E-state index is 10.4. The molecule has 0 spiro atoms. The van der Waals surface area contributed by atoms with E-state index in [0.29, 0.717) is 0 Å². The largest absolute Gasteiger partial charge is 0.464 e. The highest BCUT2D eigenvalue weighted by molar-refractivity contribution is 9.10. The standard InChI is InChI=1S/C10H11BrN2O2/c11-7-3-1-6-2-4-9(8(6)5-7)12-13-10(14)15/h1,3,5,9,12-13H,2,4H2,(H,14,15). The van der Waals surface area contributed by atoms with Crippen molar-refractivity contribution in [3.05, 3.63) is 33.8 Å². The van der Waals surface area contributed by atoms with Crippen molar-refractivity contribution in [1.29, 1.82) is 0 Å². The highest BCUT2D eigenvalue weighted by Crippen LogP contribution is 2.32. The van der Waals surface area contributed by atoms with Crippen LogP contribution in [0.15, 0.2) is 22.7 Å². The van der Waals surface area contributed by atoms with E-state index in [1.54, 1.807) is 0 Å². The van der Waals surface area contributed by atoms with Gasteiger partial charge in [0.25, 0.3) is 0 Å². The molecule has 0 aliphatic heterocycles. The first kappa shape index (κ1) is 10.4. The number of fused-ring (bicyclic) bond motifs is 1. The van der Waals surface area contributed by atoms with Crippen molar-refractivity contribution in [2.75, 3.05) is 0 Å². The summed E-state index contributed by atoms with van der Waals surface area (Å²) in [6, 6.07) is 6.19. The third-order valence-corrected chi connectivity index (χ3v) is 3.03. The van der Waals surface area contributed by atoms with Gasteiger partial charge < -0.3 is 5.11 Å². The second-order valence-corrected chi connectivity index (χ2v) is 4.42. The van der Waals surface area contributed by atoms with E-state index in [2.05, 4.69) is 32.8 Å². The molecule has 1 aliphatic carbocycles. The molecule has 1 aliphatic rings. The molecule has 0 radical (unpaired) electrons.